The lowest BCUT2D eigenvalue weighted by Crippen LogP contribution is -2.49. The van der Waals surface area contributed by atoms with Crippen molar-refractivity contribution in [2.24, 2.45) is 0 Å². The van der Waals surface area contributed by atoms with Gasteiger partial charge in [-0.2, -0.15) is 0 Å². The largest absolute Gasteiger partial charge is 0.318 e. The van der Waals surface area contributed by atoms with Gasteiger partial charge in [-0.05, 0) is 37.4 Å². The molecule has 0 spiro atoms. The van der Waals surface area contributed by atoms with E-state index < -0.39 is 0 Å². The highest BCUT2D eigenvalue weighted by molar-refractivity contribution is 5.30. The molecule has 1 heterocycles. The minimum Gasteiger partial charge on any atom is -0.318 e. The van der Waals surface area contributed by atoms with Gasteiger partial charge >= 0.3 is 0 Å². The zero-order chi connectivity index (χ0) is 12.4. The highest BCUT2D eigenvalue weighted by Gasteiger charge is 2.32. The fourth-order valence-electron chi connectivity index (χ4n) is 3.70. The van der Waals surface area contributed by atoms with Crippen LogP contribution < -0.4 is 5.32 Å². The molecule has 2 nitrogen and oxygen atoms in total. The van der Waals surface area contributed by atoms with E-state index in [2.05, 4.69) is 41.5 Å². The molecule has 3 rings (SSSR count). The van der Waals surface area contributed by atoms with Gasteiger partial charge in [-0.3, -0.25) is 4.90 Å². The van der Waals surface area contributed by atoms with Crippen LogP contribution in [0.4, 0.5) is 0 Å². The Morgan fingerprint density at radius 1 is 1.17 bits per heavy atom. The Hall–Kier alpha value is -0.860. The van der Waals surface area contributed by atoms with Crippen LogP contribution in [-0.4, -0.2) is 30.6 Å². The Kier molecular flexibility index (Phi) is 3.67. The highest BCUT2D eigenvalue weighted by atomic mass is 15.2. The van der Waals surface area contributed by atoms with Gasteiger partial charge < -0.3 is 5.32 Å². The third kappa shape index (κ3) is 2.32. The van der Waals surface area contributed by atoms with E-state index in [-0.39, 0.29) is 0 Å². The molecule has 98 valence electrons. The normalized spacial score (nSPS) is 25.3. The molecule has 0 amide bonds. The number of hydrogen-bond donors (Lipinski definition) is 1. The molecule has 2 aliphatic rings. The zero-order valence-electron chi connectivity index (χ0n) is 11.4. The molecule has 1 atom stereocenters. The first kappa shape index (κ1) is 12.2. The average Bonchev–Trinajstić information content (AvgIpc) is 2.92. The van der Waals surface area contributed by atoms with Crippen LogP contribution in [0.25, 0.3) is 0 Å². The van der Waals surface area contributed by atoms with Gasteiger partial charge in [-0.1, -0.05) is 37.1 Å². The van der Waals surface area contributed by atoms with Gasteiger partial charge in [0.15, 0.2) is 0 Å². The molecule has 1 aromatic rings. The second kappa shape index (κ2) is 5.41. The summed E-state index contributed by atoms with van der Waals surface area (Å²) in [4.78, 5) is 2.77. The van der Waals surface area contributed by atoms with Crippen molar-refractivity contribution in [3.8, 4) is 0 Å². The van der Waals surface area contributed by atoms with Crippen molar-refractivity contribution in [2.75, 3.05) is 13.6 Å². The number of benzene rings is 1. The van der Waals surface area contributed by atoms with Crippen LogP contribution in [0.2, 0.25) is 0 Å². The predicted molar refractivity (Wildman–Crippen MR) is 75.7 cm³/mol. The first-order valence-electron chi connectivity index (χ1n) is 7.35. The first-order chi connectivity index (χ1) is 8.88. The van der Waals surface area contributed by atoms with Crippen LogP contribution in [0.1, 0.15) is 36.8 Å². The lowest BCUT2D eigenvalue weighted by Gasteiger charge is -2.41. The average molecular weight is 244 g/mol. The van der Waals surface area contributed by atoms with Crippen LogP contribution in [0.5, 0.6) is 0 Å². The summed E-state index contributed by atoms with van der Waals surface area (Å²) in [6, 6.07) is 10.5. The summed E-state index contributed by atoms with van der Waals surface area (Å²) in [6.07, 6.45) is 6.88. The first-order valence-corrected chi connectivity index (χ1v) is 7.35. The van der Waals surface area contributed by atoms with Crippen molar-refractivity contribution in [2.45, 2.75) is 50.7 Å². The van der Waals surface area contributed by atoms with Gasteiger partial charge in [-0.15, -0.1) is 0 Å². The number of likely N-dealkylation sites (N-methyl/N-ethyl adjacent to an activating group) is 1. The second-order valence-electron chi connectivity index (χ2n) is 5.79. The summed E-state index contributed by atoms with van der Waals surface area (Å²) in [5, 5.41) is 3.38. The Bertz CT molecular complexity index is 396. The second-order valence-corrected chi connectivity index (χ2v) is 5.79. The van der Waals surface area contributed by atoms with Crippen molar-refractivity contribution in [1.29, 1.82) is 0 Å². The van der Waals surface area contributed by atoms with Gasteiger partial charge in [0, 0.05) is 25.2 Å². The Labute approximate surface area is 110 Å². The van der Waals surface area contributed by atoms with Gasteiger partial charge in [-0.25, -0.2) is 0 Å². The zero-order valence-corrected chi connectivity index (χ0v) is 11.4. The van der Waals surface area contributed by atoms with E-state index in [1.165, 1.54) is 32.1 Å². The maximum absolute atomic E-state index is 3.38. The van der Waals surface area contributed by atoms with E-state index in [4.69, 9.17) is 0 Å². The van der Waals surface area contributed by atoms with E-state index in [0.717, 1.165) is 19.1 Å². The Morgan fingerprint density at radius 2 is 1.89 bits per heavy atom. The fourth-order valence-corrected chi connectivity index (χ4v) is 3.70. The van der Waals surface area contributed by atoms with Crippen LogP contribution in [-0.2, 0) is 13.0 Å². The van der Waals surface area contributed by atoms with E-state index in [1.54, 1.807) is 11.1 Å². The molecule has 1 N–H and O–H groups in total. The number of rotatable bonds is 3. The molecule has 1 fully saturated rings. The maximum atomic E-state index is 3.38. The molecule has 2 heteroatoms. The topological polar surface area (TPSA) is 15.3 Å². The van der Waals surface area contributed by atoms with E-state index >= 15 is 0 Å². The molecule has 1 aliphatic carbocycles. The van der Waals surface area contributed by atoms with Crippen LogP contribution in [0.15, 0.2) is 24.3 Å². The fraction of sp³-hybridized carbons (Fsp3) is 0.625. The maximum Gasteiger partial charge on any atom is 0.0267 e. The molecule has 1 aromatic carbocycles. The standard InChI is InChI=1S/C16H24N2/c1-17-11-16-10-13-6-2-3-7-14(13)12-18(16)15-8-4-5-9-15/h2-3,6-7,15-17H,4-5,8-12H2,1H3. The number of hydrogen-bond acceptors (Lipinski definition) is 2. The Balaban J connectivity index is 1.82. The predicted octanol–water partition coefficient (Wildman–Crippen LogP) is 2.58. The quantitative estimate of drug-likeness (QED) is 0.879. The smallest absolute Gasteiger partial charge is 0.0267 e. The summed E-state index contributed by atoms with van der Waals surface area (Å²) in [5.74, 6) is 0. The monoisotopic (exact) mass is 244 g/mol. The molecular weight excluding hydrogens is 220 g/mol. The molecule has 1 unspecified atom stereocenters. The summed E-state index contributed by atoms with van der Waals surface area (Å²) in [5.41, 5.74) is 3.11. The molecule has 0 bridgehead atoms. The number of fused-ring (bicyclic) bond motifs is 1. The molecule has 0 radical (unpaired) electrons. The molecule has 0 aromatic heterocycles. The van der Waals surface area contributed by atoms with Crippen LogP contribution in [0, 0.1) is 0 Å². The number of nitrogens with zero attached hydrogens (tertiary/aromatic N) is 1. The minimum atomic E-state index is 0.688. The van der Waals surface area contributed by atoms with Crippen molar-refractivity contribution >= 4 is 0 Å². The third-order valence-corrected chi connectivity index (χ3v) is 4.63. The third-order valence-electron chi connectivity index (χ3n) is 4.63. The molecule has 1 aliphatic heterocycles. The lowest BCUT2D eigenvalue weighted by atomic mass is 9.92. The molecule has 1 saturated carbocycles. The van der Waals surface area contributed by atoms with Crippen LogP contribution in [0.3, 0.4) is 0 Å². The van der Waals surface area contributed by atoms with Crippen molar-refractivity contribution in [3.05, 3.63) is 35.4 Å². The van der Waals surface area contributed by atoms with Gasteiger partial charge in [0.2, 0.25) is 0 Å². The van der Waals surface area contributed by atoms with Gasteiger partial charge in [0.1, 0.15) is 0 Å². The Morgan fingerprint density at radius 3 is 2.61 bits per heavy atom. The van der Waals surface area contributed by atoms with Gasteiger partial charge in [0.05, 0.1) is 0 Å². The highest BCUT2D eigenvalue weighted by Crippen LogP contribution is 2.31. The van der Waals surface area contributed by atoms with Crippen molar-refractivity contribution < 1.29 is 0 Å². The molecule has 18 heavy (non-hydrogen) atoms. The van der Waals surface area contributed by atoms with Crippen molar-refractivity contribution in [1.82, 2.24) is 10.2 Å². The molecular formula is C16H24N2. The lowest BCUT2D eigenvalue weighted by molar-refractivity contribution is 0.113. The molecule has 0 saturated heterocycles. The SMILES string of the molecule is CNCC1Cc2ccccc2CN1C1CCCC1. The van der Waals surface area contributed by atoms with E-state index in [1.807, 2.05) is 0 Å². The van der Waals surface area contributed by atoms with Crippen molar-refractivity contribution in [3.63, 3.8) is 0 Å². The summed E-state index contributed by atoms with van der Waals surface area (Å²) >= 11 is 0. The van der Waals surface area contributed by atoms with E-state index in [9.17, 15) is 0 Å². The number of nitrogens with one attached hydrogen (secondary N) is 1. The van der Waals surface area contributed by atoms with Gasteiger partial charge in [0.25, 0.3) is 0 Å². The summed E-state index contributed by atoms with van der Waals surface area (Å²) in [7, 11) is 2.08. The van der Waals surface area contributed by atoms with E-state index in [0.29, 0.717) is 6.04 Å². The summed E-state index contributed by atoms with van der Waals surface area (Å²) < 4.78 is 0. The van der Waals surface area contributed by atoms with Crippen LogP contribution >= 0.6 is 0 Å². The minimum absolute atomic E-state index is 0.688. The summed E-state index contributed by atoms with van der Waals surface area (Å²) in [6.45, 7) is 2.28.